The zero-order valence-corrected chi connectivity index (χ0v) is 20.2. The second-order valence-electron chi connectivity index (χ2n) is 7.80. The van der Waals surface area contributed by atoms with E-state index in [0.717, 1.165) is 0 Å². The van der Waals surface area contributed by atoms with Crippen LogP contribution in [0.15, 0.2) is 29.3 Å². The molecule has 0 aromatic heterocycles. The number of nitrogens with two attached hydrogens (primary N) is 3. The molecule has 0 fully saturated rings. The van der Waals surface area contributed by atoms with E-state index in [0.29, 0.717) is 12.0 Å². The Labute approximate surface area is 208 Å². The summed E-state index contributed by atoms with van der Waals surface area (Å²) in [5.41, 5.74) is 17.2. The zero-order valence-electron chi connectivity index (χ0n) is 19.3. The topological polar surface area (TPSA) is 235 Å². The van der Waals surface area contributed by atoms with Crippen molar-refractivity contribution in [2.75, 3.05) is 12.3 Å². The Kier molecular flexibility index (Phi) is 12.4. The van der Waals surface area contributed by atoms with Crippen LogP contribution in [0.3, 0.4) is 0 Å². The summed E-state index contributed by atoms with van der Waals surface area (Å²) in [7, 11) is 0. The molecule has 1 aromatic rings. The number of rotatable bonds is 14. The van der Waals surface area contributed by atoms with Crippen LogP contribution in [-0.2, 0) is 25.6 Å². The molecule has 4 atom stereocenters. The van der Waals surface area contributed by atoms with Gasteiger partial charge in [-0.25, -0.2) is 0 Å². The van der Waals surface area contributed by atoms with Crippen LogP contribution < -0.4 is 33.2 Å². The monoisotopic (exact) mass is 511 g/mol. The van der Waals surface area contributed by atoms with Crippen LogP contribution >= 0.6 is 12.6 Å². The molecule has 13 nitrogen and oxygen atoms in total. The van der Waals surface area contributed by atoms with E-state index in [9.17, 15) is 24.3 Å². The predicted octanol–water partition coefficient (Wildman–Crippen LogP) is -2.20. The number of aromatic hydroxyl groups is 1. The van der Waals surface area contributed by atoms with E-state index in [1.165, 1.54) is 19.1 Å². The number of nitrogens with zero attached hydrogens (tertiary/aromatic N) is 1. The molecular weight excluding hydrogens is 478 g/mol. The van der Waals surface area contributed by atoms with E-state index in [1.54, 1.807) is 12.1 Å². The molecule has 0 aliphatic rings. The van der Waals surface area contributed by atoms with Gasteiger partial charge in [-0.15, -0.1) is 0 Å². The first-order chi connectivity index (χ1) is 16.4. The minimum atomic E-state index is -1.24. The normalized spacial score (nSPS) is 14.0. The van der Waals surface area contributed by atoms with Crippen LogP contribution in [-0.4, -0.2) is 76.3 Å². The number of carbonyl (C=O) groups excluding carboxylic acids is 3. The summed E-state index contributed by atoms with van der Waals surface area (Å²) in [6, 6.07) is 1.79. The number of aliphatic carboxylic acids is 1. The van der Waals surface area contributed by atoms with E-state index in [-0.39, 0.29) is 36.8 Å². The van der Waals surface area contributed by atoms with Crippen LogP contribution in [0.2, 0.25) is 0 Å². The predicted molar refractivity (Wildman–Crippen MR) is 133 cm³/mol. The Balaban J connectivity index is 2.81. The van der Waals surface area contributed by atoms with Gasteiger partial charge in [0.15, 0.2) is 5.96 Å². The molecular formula is C21H33N7O6S. The first kappa shape index (κ1) is 29.5. The Bertz CT molecular complexity index is 908. The van der Waals surface area contributed by atoms with Crippen LogP contribution in [0, 0.1) is 0 Å². The zero-order chi connectivity index (χ0) is 26.5. The molecule has 1 aromatic carbocycles. The molecule has 0 saturated heterocycles. The van der Waals surface area contributed by atoms with Crippen LogP contribution in [0.4, 0.5) is 0 Å². The highest BCUT2D eigenvalue weighted by atomic mass is 32.1. The van der Waals surface area contributed by atoms with Crippen LogP contribution in [0.25, 0.3) is 0 Å². The molecule has 14 heteroatoms. The fraction of sp³-hybridized carbons (Fsp3) is 0.476. The van der Waals surface area contributed by atoms with Gasteiger partial charge < -0.3 is 43.4 Å². The molecule has 4 unspecified atom stereocenters. The number of carboxylic acids is 1. The maximum atomic E-state index is 12.8. The summed E-state index contributed by atoms with van der Waals surface area (Å²) in [4.78, 5) is 52.8. The molecule has 0 spiro atoms. The third kappa shape index (κ3) is 11.0. The van der Waals surface area contributed by atoms with Gasteiger partial charge in [-0.1, -0.05) is 12.1 Å². The van der Waals surface area contributed by atoms with Gasteiger partial charge >= 0.3 is 5.97 Å². The minimum Gasteiger partial charge on any atom is -0.508 e. The lowest BCUT2D eigenvalue weighted by Gasteiger charge is -2.24. The number of amides is 3. The van der Waals surface area contributed by atoms with Crippen molar-refractivity contribution in [3.05, 3.63) is 29.8 Å². The van der Waals surface area contributed by atoms with Crippen molar-refractivity contribution in [3.63, 3.8) is 0 Å². The van der Waals surface area contributed by atoms with Gasteiger partial charge in [0, 0.05) is 12.3 Å². The van der Waals surface area contributed by atoms with Gasteiger partial charge in [-0.2, -0.15) is 12.6 Å². The lowest BCUT2D eigenvalue weighted by atomic mass is 10.1. The van der Waals surface area contributed by atoms with E-state index < -0.39 is 47.9 Å². The Hall–Kier alpha value is -3.52. The molecule has 1 rings (SSSR count). The van der Waals surface area contributed by atoms with Crippen molar-refractivity contribution in [1.82, 2.24) is 16.0 Å². The number of hydrogen-bond acceptors (Lipinski definition) is 8. The number of guanidine groups is 1. The van der Waals surface area contributed by atoms with Crippen molar-refractivity contribution in [3.8, 4) is 5.75 Å². The smallest absolute Gasteiger partial charge is 0.325 e. The van der Waals surface area contributed by atoms with E-state index in [4.69, 9.17) is 22.3 Å². The fourth-order valence-corrected chi connectivity index (χ4v) is 3.13. The highest BCUT2D eigenvalue weighted by Gasteiger charge is 2.28. The second-order valence-corrected chi connectivity index (χ2v) is 8.16. The SMILES string of the molecule is CC(NC(=O)C(CCCN=C(N)N)NC(=O)C(CS)NC(=O)C(N)Cc1ccc(O)cc1)C(=O)O. The summed E-state index contributed by atoms with van der Waals surface area (Å²) in [5.74, 6) is -3.41. The number of nitrogens with one attached hydrogen (secondary N) is 3. The number of hydrogen-bond donors (Lipinski definition) is 9. The van der Waals surface area contributed by atoms with Gasteiger partial charge in [0.1, 0.15) is 23.9 Å². The van der Waals surface area contributed by atoms with Crippen LogP contribution in [0.1, 0.15) is 25.3 Å². The maximum absolute atomic E-state index is 12.8. The molecule has 0 aliphatic carbocycles. The number of carbonyl (C=O) groups is 4. The standard InChI is InChI=1S/C21H33N7O6S/c1-11(20(33)34)26-18(31)15(3-2-8-25-21(23)24)27-19(32)16(10-35)28-17(30)14(22)9-12-4-6-13(29)7-5-12/h4-7,11,14-16,29,35H,2-3,8-10,22H2,1H3,(H,26,31)(H,27,32)(H,28,30)(H,33,34)(H4,23,24,25). The van der Waals surface area contributed by atoms with Crippen molar-refractivity contribution >= 4 is 42.3 Å². The molecule has 0 saturated carbocycles. The van der Waals surface area contributed by atoms with E-state index in [1.807, 2.05) is 0 Å². The Morgan fingerprint density at radius 1 is 1.00 bits per heavy atom. The highest BCUT2D eigenvalue weighted by Crippen LogP contribution is 2.11. The molecule has 0 bridgehead atoms. The number of aliphatic imine (C=N–C) groups is 1. The summed E-state index contributed by atoms with van der Waals surface area (Å²) in [6.45, 7) is 1.47. The van der Waals surface area contributed by atoms with Crippen molar-refractivity contribution < 1.29 is 29.4 Å². The van der Waals surface area contributed by atoms with E-state index >= 15 is 0 Å². The lowest BCUT2D eigenvalue weighted by molar-refractivity contribution is -0.141. The highest BCUT2D eigenvalue weighted by molar-refractivity contribution is 7.80. The summed E-state index contributed by atoms with van der Waals surface area (Å²) >= 11 is 4.11. The largest absolute Gasteiger partial charge is 0.508 e. The number of phenols is 1. The number of carboxylic acid groups (broad SMARTS) is 1. The van der Waals surface area contributed by atoms with Gasteiger partial charge in [0.25, 0.3) is 0 Å². The van der Waals surface area contributed by atoms with E-state index in [2.05, 4.69) is 33.6 Å². The van der Waals surface area contributed by atoms with Gasteiger partial charge in [-0.05, 0) is 43.9 Å². The molecule has 3 amide bonds. The molecule has 35 heavy (non-hydrogen) atoms. The lowest BCUT2D eigenvalue weighted by Crippen LogP contribution is -2.57. The fourth-order valence-electron chi connectivity index (χ4n) is 2.87. The van der Waals surface area contributed by atoms with Gasteiger partial charge in [-0.3, -0.25) is 24.2 Å². The molecule has 194 valence electrons. The Morgan fingerprint density at radius 2 is 1.57 bits per heavy atom. The number of thiol groups is 1. The number of phenolic OH excluding ortho intramolecular Hbond substituents is 1. The molecule has 11 N–H and O–H groups in total. The first-order valence-electron chi connectivity index (χ1n) is 10.8. The first-order valence-corrected chi connectivity index (χ1v) is 11.4. The summed E-state index contributed by atoms with van der Waals surface area (Å²) in [5, 5.41) is 25.7. The molecule has 0 aliphatic heterocycles. The van der Waals surface area contributed by atoms with Crippen molar-refractivity contribution in [2.45, 2.75) is 50.4 Å². The summed E-state index contributed by atoms with van der Waals surface area (Å²) < 4.78 is 0. The van der Waals surface area contributed by atoms with Crippen molar-refractivity contribution in [2.24, 2.45) is 22.2 Å². The van der Waals surface area contributed by atoms with Crippen LogP contribution in [0.5, 0.6) is 5.75 Å². The van der Waals surface area contributed by atoms with Gasteiger partial charge in [0.05, 0.1) is 6.04 Å². The Morgan fingerprint density at radius 3 is 2.11 bits per heavy atom. The summed E-state index contributed by atoms with van der Waals surface area (Å²) in [6.07, 6.45) is 0.581. The van der Waals surface area contributed by atoms with Gasteiger partial charge in [0.2, 0.25) is 17.7 Å². The quantitative estimate of drug-likeness (QED) is 0.0569. The van der Waals surface area contributed by atoms with Crippen molar-refractivity contribution in [1.29, 1.82) is 0 Å². The average molecular weight is 512 g/mol. The minimum absolute atomic E-state index is 0.0771. The average Bonchev–Trinajstić information content (AvgIpc) is 2.80. The maximum Gasteiger partial charge on any atom is 0.325 e. The number of benzene rings is 1. The third-order valence-electron chi connectivity index (χ3n) is 4.85. The molecule has 0 radical (unpaired) electrons. The second kappa shape index (κ2) is 14.7. The molecule has 0 heterocycles. The third-order valence-corrected chi connectivity index (χ3v) is 5.22.